The zero-order chi connectivity index (χ0) is 13.2. The summed E-state index contributed by atoms with van der Waals surface area (Å²) in [5.41, 5.74) is 0.830. The van der Waals surface area contributed by atoms with E-state index in [1.807, 2.05) is 6.07 Å². The van der Waals surface area contributed by atoms with Crippen LogP contribution in [-0.4, -0.2) is 12.6 Å². The topological polar surface area (TPSA) is 12.0 Å². The van der Waals surface area contributed by atoms with Gasteiger partial charge >= 0.3 is 0 Å². The number of benzene rings is 1. The van der Waals surface area contributed by atoms with Gasteiger partial charge in [0.2, 0.25) is 0 Å². The first-order valence-corrected chi connectivity index (χ1v) is 7.53. The molecule has 0 saturated heterocycles. The number of hydrogen-bond acceptors (Lipinski definition) is 1. The lowest BCUT2D eigenvalue weighted by atomic mass is 9.80. The maximum Gasteiger partial charge on any atom is 0.127 e. The van der Waals surface area contributed by atoms with Gasteiger partial charge in [0.05, 0.1) is 0 Å². The lowest BCUT2D eigenvalue weighted by molar-refractivity contribution is 0.432. The molecule has 1 nitrogen and oxygen atoms in total. The number of nitrogens with one attached hydrogen (secondary N) is 1. The summed E-state index contributed by atoms with van der Waals surface area (Å²) in [7, 11) is 0. The molecule has 1 aliphatic carbocycles. The zero-order valence-electron chi connectivity index (χ0n) is 11.1. The van der Waals surface area contributed by atoms with Gasteiger partial charge in [-0.05, 0) is 61.4 Å². The van der Waals surface area contributed by atoms with E-state index in [1.54, 1.807) is 12.1 Å². The molecule has 0 spiro atoms. The van der Waals surface area contributed by atoms with E-state index in [0.717, 1.165) is 42.3 Å². The smallest absolute Gasteiger partial charge is 0.127 e. The first kappa shape index (κ1) is 14.0. The molecule has 1 fully saturated rings. The van der Waals surface area contributed by atoms with Gasteiger partial charge in [0.1, 0.15) is 5.82 Å². The van der Waals surface area contributed by atoms with Crippen molar-refractivity contribution in [3.8, 4) is 0 Å². The summed E-state index contributed by atoms with van der Waals surface area (Å²) in [5.74, 6) is -0.0724. The Kier molecular flexibility index (Phi) is 4.44. The van der Waals surface area contributed by atoms with Crippen LogP contribution in [0.5, 0.6) is 0 Å². The number of halogens is 2. The number of rotatable bonds is 4. The molecule has 2 rings (SSSR count). The van der Waals surface area contributed by atoms with Crippen molar-refractivity contribution >= 4 is 15.9 Å². The van der Waals surface area contributed by atoms with Crippen molar-refractivity contribution in [1.29, 1.82) is 0 Å². The molecule has 1 aliphatic rings. The van der Waals surface area contributed by atoms with E-state index in [4.69, 9.17) is 0 Å². The van der Waals surface area contributed by atoms with Gasteiger partial charge in [-0.2, -0.15) is 0 Å². The van der Waals surface area contributed by atoms with Crippen LogP contribution in [0.3, 0.4) is 0 Å². The molecule has 1 saturated carbocycles. The van der Waals surface area contributed by atoms with Crippen LogP contribution in [0.25, 0.3) is 0 Å². The van der Waals surface area contributed by atoms with E-state index in [9.17, 15) is 4.39 Å². The van der Waals surface area contributed by atoms with E-state index in [2.05, 4.69) is 35.1 Å². The van der Waals surface area contributed by atoms with Crippen LogP contribution in [0, 0.1) is 5.82 Å². The minimum Gasteiger partial charge on any atom is -0.314 e. The normalized spacial score (nSPS) is 27.7. The van der Waals surface area contributed by atoms with Crippen LogP contribution in [0.1, 0.15) is 45.1 Å². The van der Waals surface area contributed by atoms with Gasteiger partial charge in [0, 0.05) is 10.5 Å². The largest absolute Gasteiger partial charge is 0.314 e. The average molecular weight is 314 g/mol. The highest BCUT2D eigenvalue weighted by Crippen LogP contribution is 2.42. The summed E-state index contributed by atoms with van der Waals surface area (Å²) in [5, 5.41) is 3.56. The lowest BCUT2D eigenvalue weighted by Crippen LogP contribution is -2.29. The molecule has 0 aliphatic heterocycles. The van der Waals surface area contributed by atoms with E-state index >= 15 is 0 Å². The molecule has 2 unspecified atom stereocenters. The Balaban J connectivity index is 2.15. The molecule has 0 aromatic heterocycles. The Morgan fingerprint density at radius 1 is 1.50 bits per heavy atom. The third-order valence-electron chi connectivity index (χ3n) is 4.00. The van der Waals surface area contributed by atoms with Crippen LogP contribution in [-0.2, 0) is 5.41 Å². The van der Waals surface area contributed by atoms with Crippen molar-refractivity contribution in [2.75, 3.05) is 6.54 Å². The fourth-order valence-electron chi connectivity index (χ4n) is 2.97. The highest BCUT2D eigenvalue weighted by Gasteiger charge is 2.37. The highest BCUT2D eigenvalue weighted by atomic mass is 79.9. The van der Waals surface area contributed by atoms with Crippen LogP contribution in [0.15, 0.2) is 22.7 Å². The fraction of sp³-hybridized carbons (Fsp3) is 0.600. The predicted molar refractivity (Wildman–Crippen MR) is 77.4 cm³/mol. The molecule has 0 radical (unpaired) electrons. The SMILES string of the molecule is CCCNC1CCC(C)(c2cc(Br)ccc2F)C1. The van der Waals surface area contributed by atoms with E-state index in [0.29, 0.717) is 6.04 Å². The van der Waals surface area contributed by atoms with Gasteiger partial charge in [0.25, 0.3) is 0 Å². The van der Waals surface area contributed by atoms with Crippen molar-refractivity contribution < 1.29 is 4.39 Å². The molecule has 1 N–H and O–H groups in total. The summed E-state index contributed by atoms with van der Waals surface area (Å²) >= 11 is 3.44. The van der Waals surface area contributed by atoms with Gasteiger partial charge < -0.3 is 5.32 Å². The predicted octanol–water partition coefficient (Wildman–Crippen LogP) is 4.40. The molecule has 0 amide bonds. The summed E-state index contributed by atoms with van der Waals surface area (Å²) < 4.78 is 15.0. The quantitative estimate of drug-likeness (QED) is 0.869. The number of hydrogen-bond donors (Lipinski definition) is 1. The van der Waals surface area contributed by atoms with E-state index in [1.165, 1.54) is 0 Å². The molecule has 1 aromatic rings. The summed E-state index contributed by atoms with van der Waals surface area (Å²) in [6.07, 6.45) is 4.38. The van der Waals surface area contributed by atoms with Crippen LogP contribution >= 0.6 is 15.9 Å². The van der Waals surface area contributed by atoms with Crippen LogP contribution in [0.2, 0.25) is 0 Å². The second-order valence-electron chi connectivity index (χ2n) is 5.58. The molecule has 1 aromatic carbocycles. The Morgan fingerprint density at radius 2 is 2.28 bits per heavy atom. The zero-order valence-corrected chi connectivity index (χ0v) is 12.7. The Hall–Kier alpha value is -0.410. The van der Waals surface area contributed by atoms with Gasteiger partial charge in [0.15, 0.2) is 0 Å². The Labute approximate surface area is 117 Å². The maximum atomic E-state index is 14.0. The van der Waals surface area contributed by atoms with Crippen LogP contribution in [0.4, 0.5) is 4.39 Å². The molecule has 2 atom stereocenters. The second kappa shape index (κ2) is 5.70. The fourth-order valence-corrected chi connectivity index (χ4v) is 3.33. The van der Waals surface area contributed by atoms with E-state index < -0.39 is 0 Å². The molecule has 100 valence electrons. The maximum absolute atomic E-state index is 14.0. The summed E-state index contributed by atoms with van der Waals surface area (Å²) in [4.78, 5) is 0. The summed E-state index contributed by atoms with van der Waals surface area (Å²) in [6.45, 7) is 5.42. The van der Waals surface area contributed by atoms with Gasteiger partial charge in [-0.25, -0.2) is 4.39 Å². The third kappa shape index (κ3) is 2.94. The van der Waals surface area contributed by atoms with E-state index in [-0.39, 0.29) is 11.2 Å². The van der Waals surface area contributed by atoms with Crippen LogP contribution < -0.4 is 5.32 Å². The molecule has 0 heterocycles. The first-order valence-electron chi connectivity index (χ1n) is 6.74. The molecular formula is C15H21BrFN. The third-order valence-corrected chi connectivity index (χ3v) is 4.50. The summed E-state index contributed by atoms with van der Waals surface area (Å²) in [6, 6.07) is 5.81. The average Bonchev–Trinajstić information content (AvgIpc) is 2.73. The monoisotopic (exact) mass is 313 g/mol. The minimum atomic E-state index is -0.0724. The molecule has 0 bridgehead atoms. The second-order valence-corrected chi connectivity index (χ2v) is 6.49. The van der Waals surface area contributed by atoms with Gasteiger partial charge in [-0.1, -0.05) is 29.8 Å². The van der Waals surface area contributed by atoms with Gasteiger partial charge in [-0.15, -0.1) is 0 Å². The molecule has 3 heteroatoms. The Morgan fingerprint density at radius 3 is 3.00 bits per heavy atom. The minimum absolute atomic E-state index is 0.0285. The van der Waals surface area contributed by atoms with Crippen molar-refractivity contribution in [2.45, 2.75) is 51.0 Å². The molecule has 18 heavy (non-hydrogen) atoms. The molecular weight excluding hydrogens is 293 g/mol. The van der Waals surface area contributed by atoms with Crippen molar-refractivity contribution in [1.82, 2.24) is 5.32 Å². The standard InChI is InChI=1S/C15H21BrFN/c1-3-8-18-12-6-7-15(2,10-12)13-9-11(16)4-5-14(13)17/h4-5,9,12,18H,3,6-8,10H2,1-2H3. The van der Waals surface area contributed by atoms with Crippen molar-refractivity contribution in [3.63, 3.8) is 0 Å². The van der Waals surface area contributed by atoms with Crippen molar-refractivity contribution in [3.05, 3.63) is 34.1 Å². The van der Waals surface area contributed by atoms with Gasteiger partial charge in [-0.3, -0.25) is 0 Å². The highest BCUT2D eigenvalue weighted by molar-refractivity contribution is 9.10. The van der Waals surface area contributed by atoms with Crippen molar-refractivity contribution in [2.24, 2.45) is 0 Å². The lowest BCUT2D eigenvalue weighted by Gasteiger charge is -2.26. The first-order chi connectivity index (χ1) is 8.55. The Bertz CT molecular complexity index is 421.